The first-order valence-corrected chi connectivity index (χ1v) is 10.7. The molecule has 1 aliphatic heterocycles. The van der Waals surface area contributed by atoms with Crippen molar-refractivity contribution in [3.05, 3.63) is 34.3 Å². The Labute approximate surface area is 175 Å². The fourth-order valence-electron chi connectivity index (χ4n) is 3.04. The largest absolute Gasteiger partial charge is 0.493 e. The van der Waals surface area contributed by atoms with Gasteiger partial charge in [-0.2, -0.15) is 0 Å². The van der Waals surface area contributed by atoms with Crippen molar-refractivity contribution in [3.8, 4) is 11.5 Å². The average Bonchev–Trinajstić information content (AvgIpc) is 3.23. The number of ether oxygens (including phenoxy) is 2. The lowest BCUT2D eigenvalue weighted by atomic mass is 10.1. The van der Waals surface area contributed by atoms with Gasteiger partial charge in [-0.25, -0.2) is 4.98 Å². The second-order valence-corrected chi connectivity index (χ2v) is 8.39. The van der Waals surface area contributed by atoms with Crippen molar-refractivity contribution in [2.24, 2.45) is 5.92 Å². The summed E-state index contributed by atoms with van der Waals surface area (Å²) >= 11 is 8.03. The molecule has 1 fully saturated rings. The molecular weight excluding hydrogens is 398 g/mol. The number of piperazine rings is 1. The van der Waals surface area contributed by atoms with Crippen molar-refractivity contribution in [2.75, 3.05) is 44.8 Å². The zero-order valence-corrected chi connectivity index (χ0v) is 18.1. The number of halogens is 1. The summed E-state index contributed by atoms with van der Waals surface area (Å²) in [4.78, 5) is 21.4. The summed E-state index contributed by atoms with van der Waals surface area (Å²) in [5.74, 6) is 1.47. The first-order valence-electron chi connectivity index (χ1n) is 9.43. The Bertz CT molecular complexity index is 790. The third-order valence-corrected chi connectivity index (χ3v) is 5.79. The SMILES string of the molecule is COc1cc(C(=O)N2CCN(c3nccs3)CC2)cc(Cl)c1OCCC(C)C. The van der Waals surface area contributed by atoms with E-state index in [1.165, 1.54) is 0 Å². The van der Waals surface area contributed by atoms with Crippen LogP contribution in [0.25, 0.3) is 0 Å². The number of nitrogens with zero attached hydrogens (tertiary/aromatic N) is 3. The minimum absolute atomic E-state index is 0.0484. The normalized spacial score (nSPS) is 14.5. The Morgan fingerprint density at radius 1 is 1.29 bits per heavy atom. The molecule has 3 rings (SSSR count). The topological polar surface area (TPSA) is 54.9 Å². The molecule has 1 saturated heterocycles. The molecule has 0 aliphatic carbocycles. The number of hydrogen-bond acceptors (Lipinski definition) is 6. The van der Waals surface area contributed by atoms with Crippen molar-refractivity contribution < 1.29 is 14.3 Å². The summed E-state index contributed by atoms with van der Waals surface area (Å²) in [6.45, 7) is 7.65. The predicted molar refractivity (Wildman–Crippen MR) is 113 cm³/mol. The second kappa shape index (κ2) is 9.47. The van der Waals surface area contributed by atoms with Crippen LogP contribution in [0, 0.1) is 5.92 Å². The molecule has 2 heterocycles. The summed E-state index contributed by atoms with van der Waals surface area (Å²) in [5.41, 5.74) is 0.515. The quantitative estimate of drug-likeness (QED) is 0.668. The van der Waals surface area contributed by atoms with Crippen LogP contribution in [0.3, 0.4) is 0 Å². The Hall–Kier alpha value is -1.99. The molecule has 0 N–H and O–H groups in total. The molecule has 8 heteroatoms. The molecule has 1 aromatic heterocycles. The number of amides is 1. The van der Waals surface area contributed by atoms with Crippen LogP contribution in [0.5, 0.6) is 11.5 Å². The molecular formula is C20H26ClN3O3S. The maximum absolute atomic E-state index is 13.0. The average molecular weight is 424 g/mol. The van der Waals surface area contributed by atoms with E-state index in [9.17, 15) is 4.79 Å². The number of hydrogen-bond donors (Lipinski definition) is 0. The lowest BCUT2D eigenvalue weighted by molar-refractivity contribution is 0.0746. The summed E-state index contributed by atoms with van der Waals surface area (Å²) < 4.78 is 11.2. The van der Waals surface area contributed by atoms with Gasteiger partial charge in [-0.3, -0.25) is 4.79 Å². The summed E-state index contributed by atoms with van der Waals surface area (Å²) in [7, 11) is 1.56. The summed E-state index contributed by atoms with van der Waals surface area (Å²) in [5, 5.41) is 3.36. The number of anilines is 1. The highest BCUT2D eigenvalue weighted by atomic mass is 35.5. The number of rotatable bonds is 7. The maximum atomic E-state index is 13.0. The van der Waals surface area contributed by atoms with Gasteiger partial charge in [-0.1, -0.05) is 25.4 Å². The van der Waals surface area contributed by atoms with Gasteiger partial charge in [0.1, 0.15) is 0 Å². The molecule has 0 saturated carbocycles. The van der Waals surface area contributed by atoms with Crippen LogP contribution in [0.15, 0.2) is 23.7 Å². The van der Waals surface area contributed by atoms with Gasteiger partial charge < -0.3 is 19.3 Å². The highest BCUT2D eigenvalue weighted by Gasteiger charge is 2.25. The summed E-state index contributed by atoms with van der Waals surface area (Å²) in [6, 6.07) is 3.39. The highest BCUT2D eigenvalue weighted by molar-refractivity contribution is 7.13. The van der Waals surface area contributed by atoms with Crippen molar-refractivity contribution in [3.63, 3.8) is 0 Å². The zero-order chi connectivity index (χ0) is 20.1. The van der Waals surface area contributed by atoms with E-state index in [0.717, 1.165) is 24.6 Å². The van der Waals surface area contributed by atoms with Crippen LogP contribution in [0.1, 0.15) is 30.6 Å². The van der Waals surface area contributed by atoms with Gasteiger partial charge in [0.2, 0.25) is 0 Å². The van der Waals surface area contributed by atoms with Crippen molar-refractivity contribution >= 4 is 34.0 Å². The minimum atomic E-state index is -0.0484. The van der Waals surface area contributed by atoms with E-state index in [1.807, 2.05) is 10.3 Å². The fourth-order valence-corrected chi connectivity index (χ4v) is 4.00. The molecule has 0 atom stereocenters. The lowest BCUT2D eigenvalue weighted by Crippen LogP contribution is -2.48. The van der Waals surface area contributed by atoms with Gasteiger partial charge in [0.05, 0.1) is 18.7 Å². The molecule has 1 aliphatic rings. The van der Waals surface area contributed by atoms with E-state index in [-0.39, 0.29) is 5.91 Å². The standard InChI is InChI=1S/C20H26ClN3O3S/c1-14(2)4-10-27-18-16(21)12-15(13-17(18)26-3)19(25)23-6-8-24(9-7-23)20-22-5-11-28-20/h5,11-14H,4,6-10H2,1-3H3. The Kier molecular flexibility index (Phi) is 7.02. The van der Waals surface area contributed by atoms with Gasteiger partial charge in [-0.05, 0) is 24.5 Å². The predicted octanol–water partition coefficient (Wildman–Crippen LogP) is 4.19. The van der Waals surface area contributed by atoms with Gasteiger partial charge in [0, 0.05) is 43.3 Å². The van der Waals surface area contributed by atoms with Gasteiger partial charge in [0.15, 0.2) is 16.6 Å². The Morgan fingerprint density at radius 3 is 2.64 bits per heavy atom. The monoisotopic (exact) mass is 423 g/mol. The smallest absolute Gasteiger partial charge is 0.254 e. The maximum Gasteiger partial charge on any atom is 0.254 e. The first-order chi connectivity index (χ1) is 13.5. The van der Waals surface area contributed by atoms with Crippen molar-refractivity contribution in [1.29, 1.82) is 0 Å². The zero-order valence-electron chi connectivity index (χ0n) is 16.5. The van der Waals surface area contributed by atoms with E-state index in [1.54, 1.807) is 36.8 Å². The number of carbonyl (C=O) groups is 1. The van der Waals surface area contributed by atoms with E-state index in [4.69, 9.17) is 21.1 Å². The Balaban J connectivity index is 1.67. The van der Waals surface area contributed by atoms with E-state index < -0.39 is 0 Å². The molecule has 28 heavy (non-hydrogen) atoms. The fraction of sp³-hybridized carbons (Fsp3) is 0.500. The molecule has 0 radical (unpaired) electrons. The van der Waals surface area contributed by atoms with Crippen LogP contribution in [0.4, 0.5) is 5.13 Å². The number of aromatic nitrogens is 1. The number of carbonyl (C=O) groups excluding carboxylic acids is 1. The van der Waals surface area contributed by atoms with E-state index >= 15 is 0 Å². The molecule has 0 unspecified atom stereocenters. The van der Waals surface area contributed by atoms with Crippen LogP contribution < -0.4 is 14.4 Å². The molecule has 152 valence electrons. The van der Waals surface area contributed by atoms with Gasteiger partial charge in [0.25, 0.3) is 5.91 Å². The van der Waals surface area contributed by atoms with Gasteiger partial charge >= 0.3 is 0 Å². The van der Waals surface area contributed by atoms with Gasteiger partial charge in [-0.15, -0.1) is 11.3 Å². The molecule has 0 spiro atoms. The van der Waals surface area contributed by atoms with Crippen LogP contribution >= 0.6 is 22.9 Å². The number of methoxy groups -OCH3 is 1. The number of benzene rings is 1. The number of thiazole rings is 1. The summed E-state index contributed by atoms with van der Waals surface area (Å²) in [6.07, 6.45) is 2.72. The third kappa shape index (κ3) is 4.89. The Morgan fingerprint density at radius 2 is 2.04 bits per heavy atom. The first kappa shape index (κ1) is 20.7. The van der Waals surface area contributed by atoms with Crippen LogP contribution in [0.2, 0.25) is 5.02 Å². The molecule has 1 aromatic carbocycles. The van der Waals surface area contributed by atoms with Crippen molar-refractivity contribution in [1.82, 2.24) is 9.88 Å². The minimum Gasteiger partial charge on any atom is -0.493 e. The van der Waals surface area contributed by atoms with E-state index in [2.05, 4.69) is 23.7 Å². The molecule has 6 nitrogen and oxygen atoms in total. The lowest BCUT2D eigenvalue weighted by Gasteiger charge is -2.34. The molecule has 0 bridgehead atoms. The highest BCUT2D eigenvalue weighted by Crippen LogP contribution is 2.37. The van der Waals surface area contributed by atoms with Crippen LogP contribution in [-0.4, -0.2) is 55.7 Å². The van der Waals surface area contributed by atoms with Crippen molar-refractivity contribution in [2.45, 2.75) is 20.3 Å². The second-order valence-electron chi connectivity index (χ2n) is 7.11. The third-order valence-electron chi connectivity index (χ3n) is 4.67. The van der Waals surface area contributed by atoms with E-state index in [0.29, 0.717) is 47.7 Å². The van der Waals surface area contributed by atoms with Crippen LogP contribution in [-0.2, 0) is 0 Å². The molecule has 1 amide bonds. The molecule has 2 aromatic rings.